The van der Waals surface area contributed by atoms with Crippen molar-refractivity contribution in [3.8, 4) is 0 Å². The standard InChI is InChI=1S/C18H29N5O3/c1-18(2,3)26-17(25)22(4)13-6-5-9-23(11-13)16(24)12-7-8-14-15(10-12)20-21-19-14/h12-13H,5-11H2,1-4H3,(H,19,20,21)/t12-,13-/m0/s1. The fourth-order valence-corrected chi connectivity index (χ4v) is 3.71. The Labute approximate surface area is 154 Å². The quantitative estimate of drug-likeness (QED) is 0.865. The number of aromatic nitrogens is 3. The van der Waals surface area contributed by atoms with Crippen LogP contribution in [-0.2, 0) is 22.4 Å². The number of piperidine rings is 1. The Kier molecular flexibility index (Phi) is 5.20. The van der Waals surface area contributed by atoms with E-state index < -0.39 is 5.60 Å². The zero-order chi connectivity index (χ0) is 18.9. The van der Waals surface area contributed by atoms with Crippen LogP contribution in [-0.4, -0.2) is 69.0 Å². The first kappa shape index (κ1) is 18.7. The van der Waals surface area contributed by atoms with E-state index in [-0.39, 0.29) is 24.0 Å². The van der Waals surface area contributed by atoms with E-state index in [1.165, 1.54) is 0 Å². The third-order valence-electron chi connectivity index (χ3n) is 5.16. The first-order chi connectivity index (χ1) is 12.2. The van der Waals surface area contributed by atoms with E-state index in [1.54, 1.807) is 11.9 Å². The SMILES string of the molecule is CN(C(=O)OC(C)(C)C)[C@H]1CCCN(C(=O)[C@H]2CCc3n[nH]nc3C2)C1. The first-order valence-corrected chi connectivity index (χ1v) is 9.37. The summed E-state index contributed by atoms with van der Waals surface area (Å²) in [6.07, 6.45) is 3.69. The summed E-state index contributed by atoms with van der Waals surface area (Å²) in [4.78, 5) is 28.9. The topological polar surface area (TPSA) is 91.4 Å². The molecule has 0 unspecified atom stereocenters. The van der Waals surface area contributed by atoms with Crippen LogP contribution >= 0.6 is 0 Å². The summed E-state index contributed by atoms with van der Waals surface area (Å²) in [5.41, 5.74) is 1.37. The Hall–Kier alpha value is -2.12. The Bertz CT molecular complexity index is 666. The molecule has 8 nitrogen and oxygen atoms in total. The van der Waals surface area contributed by atoms with Gasteiger partial charge in [-0.2, -0.15) is 15.4 Å². The molecule has 2 amide bonds. The molecule has 26 heavy (non-hydrogen) atoms. The molecule has 3 rings (SSSR count). The predicted molar refractivity (Wildman–Crippen MR) is 95.5 cm³/mol. The highest BCUT2D eigenvalue weighted by atomic mass is 16.6. The number of ether oxygens (including phenoxy) is 1. The van der Waals surface area contributed by atoms with Crippen molar-refractivity contribution in [2.45, 2.75) is 64.5 Å². The summed E-state index contributed by atoms with van der Waals surface area (Å²) < 4.78 is 5.46. The summed E-state index contributed by atoms with van der Waals surface area (Å²) >= 11 is 0. The van der Waals surface area contributed by atoms with Crippen molar-refractivity contribution in [2.75, 3.05) is 20.1 Å². The highest BCUT2D eigenvalue weighted by Crippen LogP contribution is 2.26. The van der Waals surface area contributed by atoms with E-state index >= 15 is 0 Å². The van der Waals surface area contributed by atoms with Gasteiger partial charge in [0.15, 0.2) is 0 Å². The predicted octanol–water partition coefficient (Wildman–Crippen LogP) is 1.77. The molecular formula is C18H29N5O3. The second-order valence-electron chi connectivity index (χ2n) is 8.33. The molecule has 2 atom stereocenters. The van der Waals surface area contributed by atoms with E-state index in [2.05, 4.69) is 15.4 Å². The normalized spacial score (nSPS) is 23.3. The summed E-state index contributed by atoms with van der Waals surface area (Å²) in [6.45, 7) is 6.89. The fourth-order valence-electron chi connectivity index (χ4n) is 3.71. The van der Waals surface area contributed by atoms with Crippen molar-refractivity contribution in [1.82, 2.24) is 25.2 Å². The van der Waals surface area contributed by atoms with E-state index in [4.69, 9.17) is 4.74 Å². The number of hydrogen-bond donors (Lipinski definition) is 1. The van der Waals surface area contributed by atoms with Gasteiger partial charge in [0.25, 0.3) is 0 Å². The van der Waals surface area contributed by atoms with Gasteiger partial charge in [0.05, 0.1) is 17.4 Å². The fraction of sp³-hybridized carbons (Fsp3) is 0.778. The second-order valence-corrected chi connectivity index (χ2v) is 8.33. The van der Waals surface area contributed by atoms with Crippen molar-refractivity contribution >= 4 is 12.0 Å². The number of aromatic amines is 1. The summed E-state index contributed by atoms with van der Waals surface area (Å²) in [5.74, 6) is 0.124. The van der Waals surface area contributed by atoms with Crippen LogP contribution in [0.2, 0.25) is 0 Å². The van der Waals surface area contributed by atoms with Crippen LogP contribution in [0.3, 0.4) is 0 Å². The molecule has 8 heteroatoms. The molecule has 1 aromatic heterocycles. The number of carbonyl (C=O) groups is 2. The zero-order valence-electron chi connectivity index (χ0n) is 16.1. The van der Waals surface area contributed by atoms with Gasteiger partial charge in [-0.3, -0.25) is 4.79 Å². The number of amides is 2. The summed E-state index contributed by atoms with van der Waals surface area (Å²) in [5, 5.41) is 10.9. The van der Waals surface area contributed by atoms with Gasteiger partial charge < -0.3 is 14.5 Å². The Morgan fingerprint density at radius 2 is 1.96 bits per heavy atom. The number of carbonyl (C=O) groups excluding carboxylic acids is 2. The van der Waals surface area contributed by atoms with E-state index in [0.29, 0.717) is 13.0 Å². The van der Waals surface area contributed by atoms with Crippen molar-refractivity contribution in [2.24, 2.45) is 5.92 Å². The molecular weight excluding hydrogens is 334 g/mol. The minimum atomic E-state index is -0.521. The van der Waals surface area contributed by atoms with Crippen molar-refractivity contribution in [1.29, 1.82) is 0 Å². The number of hydrogen-bond acceptors (Lipinski definition) is 5. The zero-order valence-corrected chi connectivity index (χ0v) is 16.1. The number of nitrogens with one attached hydrogen (secondary N) is 1. The molecule has 1 aliphatic carbocycles. The molecule has 0 spiro atoms. The molecule has 1 aromatic rings. The minimum Gasteiger partial charge on any atom is -0.444 e. The van der Waals surface area contributed by atoms with E-state index in [0.717, 1.165) is 43.6 Å². The van der Waals surface area contributed by atoms with Gasteiger partial charge in [-0.25, -0.2) is 4.79 Å². The molecule has 0 aromatic carbocycles. The number of rotatable bonds is 2. The van der Waals surface area contributed by atoms with Crippen molar-refractivity contribution in [3.05, 3.63) is 11.4 Å². The lowest BCUT2D eigenvalue weighted by atomic mass is 9.88. The van der Waals surface area contributed by atoms with Crippen LogP contribution in [0.1, 0.15) is 51.4 Å². The van der Waals surface area contributed by atoms with E-state index in [1.807, 2.05) is 25.7 Å². The number of aryl methyl sites for hydroxylation is 1. The van der Waals surface area contributed by atoms with Gasteiger partial charge in [0.1, 0.15) is 5.60 Å². The highest BCUT2D eigenvalue weighted by Gasteiger charge is 2.35. The Morgan fingerprint density at radius 3 is 2.69 bits per heavy atom. The maximum Gasteiger partial charge on any atom is 0.410 e. The second kappa shape index (κ2) is 7.25. The summed E-state index contributed by atoms with van der Waals surface area (Å²) in [6, 6.07) is -0.00579. The van der Waals surface area contributed by atoms with Gasteiger partial charge in [-0.05, 0) is 46.5 Å². The number of likely N-dealkylation sites (N-methyl/N-ethyl adjacent to an activating group) is 1. The Morgan fingerprint density at radius 1 is 1.23 bits per heavy atom. The molecule has 0 radical (unpaired) electrons. The van der Waals surface area contributed by atoms with Gasteiger partial charge in [0.2, 0.25) is 5.91 Å². The summed E-state index contributed by atoms with van der Waals surface area (Å²) in [7, 11) is 1.76. The van der Waals surface area contributed by atoms with Crippen LogP contribution < -0.4 is 0 Å². The van der Waals surface area contributed by atoms with Crippen LogP contribution in [0.5, 0.6) is 0 Å². The average Bonchev–Trinajstić information content (AvgIpc) is 3.06. The molecule has 1 aliphatic heterocycles. The van der Waals surface area contributed by atoms with E-state index in [9.17, 15) is 9.59 Å². The first-order valence-electron chi connectivity index (χ1n) is 9.37. The Balaban J connectivity index is 1.59. The number of nitrogens with zero attached hydrogens (tertiary/aromatic N) is 4. The smallest absolute Gasteiger partial charge is 0.410 e. The molecule has 2 heterocycles. The third-order valence-corrected chi connectivity index (χ3v) is 5.16. The molecule has 1 fully saturated rings. The lowest BCUT2D eigenvalue weighted by Gasteiger charge is -2.39. The van der Waals surface area contributed by atoms with Gasteiger partial charge in [0, 0.05) is 32.5 Å². The van der Waals surface area contributed by atoms with Gasteiger partial charge in [-0.1, -0.05) is 0 Å². The van der Waals surface area contributed by atoms with Gasteiger partial charge >= 0.3 is 6.09 Å². The molecule has 0 bridgehead atoms. The molecule has 0 saturated carbocycles. The number of H-pyrrole nitrogens is 1. The maximum absolute atomic E-state index is 13.0. The molecule has 2 aliphatic rings. The number of likely N-dealkylation sites (tertiary alicyclic amines) is 1. The largest absolute Gasteiger partial charge is 0.444 e. The molecule has 1 saturated heterocycles. The number of fused-ring (bicyclic) bond motifs is 1. The van der Waals surface area contributed by atoms with Crippen LogP contribution in [0, 0.1) is 5.92 Å². The third kappa shape index (κ3) is 4.16. The monoisotopic (exact) mass is 363 g/mol. The van der Waals surface area contributed by atoms with Crippen LogP contribution in [0.25, 0.3) is 0 Å². The minimum absolute atomic E-state index is 0.00579. The lowest BCUT2D eigenvalue weighted by molar-refractivity contribution is -0.138. The average molecular weight is 363 g/mol. The van der Waals surface area contributed by atoms with Crippen molar-refractivity contribution < 1.29 is 14.3 Å². The van der Waals surface area contributed by atoms with Crippen LogP contribution in [0.4, 0.5) is 4.79 Å². The molecule has 144 valence electrons. The van der Waals surface area contributed by atoms with Crippen LogP contribution in [0.15, 0.2) is 0 Å². The lowest BCUT2D eigenvalue weighted by Crippen LogP contribution is -2.52. The van der Waals surface area contributed by atoms with Crippen molar-refractivity contribution in [3.63, 3.8) is 0 Å². The highest BCUT2D eigenvalue weighted by molar-refractivity contribution is 5.79. The van der Waals surface area contributed by atoms with Gasteiger partial charge in [-0.15, -0.1) is 0 Å². The maximum atomic E-state index is 13.0. The molecule has 1 N–H and O–H groups in total.